The molecule has 1 nitrogen and oxygen atoms in total. The average molecular weight is 249 g/mol. The van der Waals surface area contributed by atoms with E-state index in [0.29, 0.717) is 6.04 Å². The van der Waals surface area contributed by atoms with E-state index in [1.54, 1.807) is 0 Å². The Bertz CT molecular complexity index is 242. The molecule has 0 aliphatic heterocycles. The molecule has 18 heavy (non-hydrogen) atoms. The molecule has 0 bridgehead atoms. The number of nitrogens with two attached hydrogens (primary N) is 1. The molecule has 0 unspecified atom stereocenters. The van der Waals surface area contributed by atoms with Crippen LogP contribution in [0.3, 0.4) is 0 Å². The van der Waals surface area contributed by atoms with Crippen LogP contribution in [0.5, 0.6) is 0 Å². The van der Waals surface area contributed by atoms with E-state index in [1.807, 2.05) is 0 Å². The average Bonchev–Trinajstić information content (AvgIpc) is 2.41. The molecule has 0 aromatic heterocycles. The predicted octanol–water partition coefficient (Wildman–Crippen LogP) is 4.67. The second-order valence-corrected chi connectivity index (χ2v) is 6.60. The monoisotopic (exact) mass is 249 g/mol. The Hall–Kier alpha value is -0.300. The summed E-state index contributed by atoms with van der Waals surface area (Å²) in [6.45, 7) is 2.13. The maximum absolute atomic E-state index is 6.01. The Kier molecular flexibility index (Phi) is 5.75. The minimum Gasteiger partial charge on any atom is -0.328 e. The normalized spacial score (nSPS) is 38.1. The van der Waals surface area contributed by atoms with Crippen molar-refractivity contribution < 1.29 is 0 Å². The van der Waals surface area contributed by atoms with E-state index in [0.717, 1.165) is 17.8 Å². The van der Waals surface area contributed by atoms with Gasteiger partial charge in [0.05, 0.1) is 0 Å². The fraction of sp³-hybridized carbons (Fsp3) is 0.882. The summed E-state index contributed by atoms with van der Waals surface area (Å²) in [5.41, 5.74) is 6.01. The minimum atomic E-state index is 0.512. The molecular weight excluding hydrogens is 218 g/mol. The fourth-order valence-corrected chi connectivity index (χ4v) is 4.06. The molecule has 2 N–H and O–H groups in total. The van der Waals surface area contributed by atoms with E-state index in [1.165, 1.54) is 64.2 Å². The van der Waals surface area contributed by atoms with Crippen molar-refractivity contribution in [1.82, 2.24) is 0 Å². The van der Waals surface area contributed by atoms with Gasteiger partial charge in [0.25, 0.3) is 0 Å². The van der Waals surface area contributed by atoms with E-state index >= 15 is 0 Å². The van der Waals surface area contributed by atoms with Crippen molar-refractivity contribution in [2.75, 3.05) is 0 Å². The number of hydrogen-bond donors (Lipinski definition) is 1. The smallest absolute Gasteiger partial charge is 0.00390 e. The zero-order valence-corrected chi connectivity index (χ0v) is 12.1. The first-order chi connectivity index (χ1) is 8.79. The first-order valence-corrected chi connectivity index (χ1v) is 8.16. The van der Waals surface area contributed by atoms with Gasteiger partial charge in [-0.1, -0.05) is 25.0 Å². The van der Waals surface area contributed by atoms with Gasteiger partial charge in [-0.25, -0.2) is 0 Å². The van der Waals surface area contributed by atoms with Crippen LogP contribution in [-0.4, -0.2) is 6.04 Å². The van der Waals surface area contributed by atoms with Gasteiger partial charge in [0.15, 0.2) is 0 Å². The van der Waals surface area contributed by atoms with E-state index in [2.05, 4.69) is 19.1 Å². The summed E-state index contributed by atoms with van der Waals surface area (Å²) in [5.74, 6) is 3.07. The summed E-state index contributed by atoms with van der Waals surface area (Å²) in [7, 11) is 0. The number of rotatable bonds is 4. The molecule has 0 radical (unpaired) electrons. The van der Waals surface area contributed by atoms with Gasteiger partial charge in [0.1, 0.15) is 0 Å². The molecule has 0 atom stereocenters. The summed E-state index contributed by atoms with van der Waals surface area (Å²) in [4.78, 5) is 0. The van der Waals surface area contributed by atoms with E-state index in [9.17, 15) is 0 Å². The summed E-state index contributed by atoms with van der Waals surface area (Å²) < 4.78 is 0. The SMILES string of the molecule is C/C=C/CCC1CCC(C2CCC(N)CC2)CC1. The molecule has 0 aromatic carbocycles. The van der Waals surface area contributed by atoms with Crippen LogP contribution in [0.25, 0.3) is 0 Å². The Morgan fingerprint density at radius 2 is 1.44 bits per heavy atom. The highest BCUT2D eigenvalue weighted by atomic mass is 14.6. The molecule has 104 valence electrons. The summed E-state index contributed by atoms with van der Waals surface area (Å²) in [6.07, 6.45) is 18.6. The van der Waals surface area contributed by atoms with Gasteiger partial charge in [-0.05, 0) is 76.0 Å². The molecule has 1 heteroatoms. The van der Waals surface area contributed by atoms with Gasteiger partial charge in [0, 0.05) is 6.04 Å². The topological polar surface area (TPSA) is 26.0 Å². The second-order valence-electron chi connectivity index (χ2n) is 6.60. The van der Waals surface area contributed by atoms with Crippen LogP contribution in [0.15, 0.2) is 12.2 Å². The lowest BCUT2D eigenvalue weighted by Crippen LogP contribution is -2.31. The third kappa shape index (κ3) is 4.12. The third-order valence-corrected chi connectivity index (χ3v) is 5.35. The zero-order chi connectivity index (χ0) is 12.8. The van der Waals surface area contributed by atoms with Crippen LogP contribution in [0.1, 0.15) is 71.1 Å². The minimum absolute atomic E-state index is 0.512. The Morgan fingerprint density at radius 1 is 0.889 bits per heavy atom. The van der Waals surface area contributed by atoms with E-state index in [-0.39, 0.29) is 0 Å². The van der Waals surface area contributed by atoms with Gasteiger partial charge >= 0.3 is 0 Å². The number of hydrogen-bond acceptors (Lipinski definition) is 1. The van der Waals surface area contributed by atoms with Crippen molar-refractivity contribution in [2.45, 2.75) is 77.2 Å². The van der Waals surface area contributed by atoms with Crippen molar-refractivity contribution in [3.05, 3.63) is 12.2 Å². The third-order valence-electron chi connectivity index (χ3n) is 5.35. The lowest BCUT2D eigenvalue weighted by Gasteiger charge is -2.37. The van der Waals surface area contributed by atoms with Crippen molar-refractivity contribution in [2.24, 2.45) is 23.5 Å². The molecule has 0 heterocycles. The van der Waals surface area contributed by atoms with Gasteiger partial charge in [-0.2, -0.15) is 0 Å². The summed E-state index contributed by atoms with van der Waals surface area (Å²) in [6, 6.07) is 0.512. The maximum Gasteiger partial charge on any atom is 0.00390 e. The van der Waals surface area contributed by atoms with Gasteiger partial charge in [0.2, 0.25) is 0 Å². The number of allylic oxidation sites excluding steroid dienone is 2. The maximum atomic E-state index is 6.01. The largest absolute Gasteiger partial charge is 0.328 e. The summed E-state index contributed by atoms with van der Waals surface area (Å²) in [5, 5.41) is 0. The molecule has 2 rings (SSSR count). The van der Waals surface area contributed by atoms with Crippen molar-refractivity contribution in [1.29, 1.82) is 0 Å². The van der Waals surface area contributed by atoms with Crippen molar-refractivity contribution in [3.63, 3.8) is 0 Å². The lowest BCUT2D eigenvalue weighted by atomic mass is 9.70. The fourth-order valence-electron chi connectivity index (χ4n) is 4.06. The Labute approximate surface area is 113 Å². The Balaban J connectivity index is 1.66. The van der Waals surface area contributed by atoms with Gasteiger partial charge < -0.3 is 5.73 Å². The first-order valence-electron chi connectivity index (χ1n) is 8.16. The molecule has 2 fully saturated rings. The second kappa shape index (κ2) is 7.33. The van der Waals surface area contributed by atoms with E-state index in [4.69, 9.17) is 5.73 Å². The molecule has 2 aliphatic rings. The molecule has 2 saturated carbocycles. The lowest BCUT2D eigenvalue weighted by molar-refractivity contribution is 0.158. The quantitative estimate of drug-likeness (QED) is 0.720. The van der Waals surface area contributed by atoms with Gasteiger partial charge in [-0.3, -0.25) is 0 Å². The van der Waals surface area contributed by atoms with Crippen LogP contribution in [0.2, 0.25) is 0 Å². The molecule has 0 aromatic rings. The zero-order valence-electron chi connectivity index (χ0n) is 12.1. The Morgan fingerprint density at radius 3 is 2.00 bits per heavy atom. The van der Waals surface area contributed by atoms with E-state index < -0.39 is 0 Å². The molecular formula is C17H31N. The van der Waals surface area contributed by atoms with Crippen LogP contribution < -0.4 is 5.73 Å². The molecule has 2 aliphatic carbocycles. The van der Waals surface area contributed by atoms with Crippen LogP contribution in [0.4, 0.5) is 0 Å². The summed E-state index contributed by atoms with van der Waals surface area (Å²) >= 11 is 0. The van der Waals surface area contributed by atoms with Crippen molar-refractivity contribution >= 4 is 0 Å². The van der Waals surface area contributed by atoms with Crippen LogP contribution in [0, 0.1) is 17.8 Å². The van der Waals surface area contributed by atoms with Crippen LogP contribution >= 0.6 is 0 Å². The molecule has 0 spiro atoms. The highest BCUT2D eigenvalue weighted by Gasteiger charge is 2.29. The predicted molar refractivity (Wildman–Crippen MR) is 79.4 cm³/mol. The first kappa shape index (κ1) is 14.1. The molecule has 0 saturated heterocycles. The molecule has 0 amide bonds. The van der Waals surface area contributed by atoms with Crippen molar-refractivity contribution in [3.8, 4) is 0 Å². The van der Waals surface area contributed by atoms with Gasteiger partial charge in [-0.15, -0.1) is 0 Å². The highest BCUT2D eigenvalue weighted by molar-refractivity contribution is 4.84. The van der Waals surface area contributed by atoms with Crippen LogP contribution in [-0.2, 0) is 0 Å². The standard InChI is InChI=1S/C17H31N/c1-2-3-4-5-14-6-8-15(9-7-14)16-10-12-17(18)13-11-16/h2-3,14-17H,4-13,18H2,1H3/b3-2+. The highest BCUT2D eigenvalue weighted by Crippen LogP contribution is 2.40.